The summed E-state index contributed by atoms with van der Waals surface area (Å²) in [7, 11) is 0. The van der Waals surface area contributed by atoms with Crippen LogP contribution in [0.1, 0.15) is 18.2 Å². The first-order valence-electron chi connectivity index (χ1n) is 3.90. The lowest BCUT2D eigenvalue weighted by Gasteiger charge is -2.02. The van der Waals surface area contributed by atoms with E-state index in [-0.39, 0.29) is 0 Å². The van der Waals surface area contributed by atoms with E-state index >= 15 is 0 Å². The van der Waals surface area contributed by atoms with Crippen LogP contribution in [0.4, 0.5) is 0 Å². The third-order valence-corrected chi connectivity index (χ3v) is 2.69. The van der Waals surface area contributed by atoms with Gasteiger partial charge in [-0.15, -0.1) is 11.3 Å². The lowest BCUT2D eigenvalue weighted by atomic mass is 10.1. The van der Waals surface area contributed by atoms with Crippen LogP contribution in [0, 0.1) is 12.5 Å². The summed E-state index contributed by atoms with van der Waals surface area (Å²) in [5, 5.41) is 2.12. The van der Waals surface area contributed by atoms with Crippen LogP contribution in [-0.4, -0.2) is 0 Å². The quantitative estimate of drug-likeness (QED) is 0.642. The average Bonchev–Trinajstić information content (AvgIpc) is 2.52. The van der Waals surface area contributed by atoms with Gasteiger partial charge in [0, 0.05) is 4.88 Å². The summed E-state index contributed by atoms with van der Waals surface area (Å²) in [6, 6.07) is 4.27. The van der Waals surface area contributed by atoms with Crippen LogP contribution in [0.3, 0.4) is 0 Å². The van der Waals surface area contributed by atoms with Crippen LogP contribution < -0.4 is 0 Å². The van der Waals surface area contributed by atoms with Gasteiger partial charge in [0.15, 0.2) is 0 Å². The molecule has 0 aliphatic carbocycles. The van der Waals surface area contributed by atoms with Crippen molar-refractivity contribution in [3.05, 3.63) is 35.0 Å². The van der Waals surface area contributed by atoms with E-state index in [0.717, 1.165) is 12.8 Å². The van der Waals surface area contributed by atoms with Crippen LogP contribution in [0.25, 0.3) is 0 Å². The molecule has 0 fully saturated rings. The maximum atomic E-state index is 5.39. The molecule has 0 spiro atoms. The molecule has 1 atom stereocenters. The molecule has 1 radical (unpaired) electrons. The smallest absolute Gasteiger partial charge is 0.00454 e. The van der Waals surface area contributed by atoms with Crippen molar-refractivity contribution >= 4 is 11.3 Å². The van der Waals surface area contributed by atoms with Gasteiger partial charge < -0.3 is 0 Å². The fourth-order valence-corrected chi connectivity index (χ4v) is 1.65. The summed E-state index contributed by atoms with van der Waals surface area (Å²) in [5.41, 5.74) is 0. The molecule has 0 aliphatic heterocycles. The van der Waals surface area contributed by atoms with E-state index in [0.29, 0.717) is 5.92 Å². The maximum absolute atomic E-state index is 5.39. The molecule has 0 amide bonds. The zero-order valence-corrected chi connectivity index (χ0v) is 7.60. The molecule has 59 valence electrons. The average molecular weight is 165 g/mol. The Labute approximate surface area is 72.6 Å². The molecule has 0 aromatic carbocycles. The first-order valence-corrected chi connectivity index (χ1v) is 4.78. The first kappa shape index (κ1) is 8.54. The molecule has 0 N–H and O–H groups in total. The van der Waals surface area contributed by atoms with Gasteiger partial charge in [0.2, 0.25) is 0 Å². The highest BCUT2D eigenvalue weighted by Crippen LogP contribution is 2.14. The van der Waals surface area contributed by atoms with Crippen LogP contribution in [0.15, 0.2) is 23.6 Å². The molecular formula is C10H13S. The van der Waals surface area contributed by atoms with Crippen molar-refractivity contribution in [1.82, 2.24) is 0 Å². The minimum absolute atomic E-state index is 0.539. The van der Waals surface area contributed by atoms with Crippen LogP contribution >= 0.6 is 11.3 Å². The highest BCUT2D eigenvalue weighted by Gasteiger charge is 1.97. The van der Waals surface area contributed by atoms with Gasteiger partial charge >= 0.3 is 0 Å². The number of allylic oxidation sites excluding steroid dienone is 1. The maximum Gasteiger partial charge on any atom is 0.00454 e. The number of rotatable bonds is 4. The zero-order valence-electron chi connectivity index (χ0n) is 6.79. The Morgan fingerprint density at radius 2 is 2.55 bits per heavy atom. The predicted octanol–water partition coefficient (Wildman–Crippen LogP) is 3.31. The molecule has 1 aromatic rings. The first-order chi connectivity index (χ1) is 5.33. The van der Waals surface area contributed by atoms with Gasteiger partial charge in [-0.05, 0) is 30.2 Å². The van der Waals surface area contributed by atoms with Gasteiger partial charge in [-0.1, -0.05) is 25.6 Å². The predicted molar refractivity (Wildman–Crippen MR) is 50.7 cm³/mol. The number of aryl methyl sites for hydroxylation is 1. The van der Waals surface area contributed by atoms with E-state index in [1.54, 1.807) is 6.08 Å². The van der Waals surface area contributed by atoms with Crippen molar-refractivity contribution < 1.29 is 0 Å². The molecular weight excluding hydrogens is 152 g/mol. The molecule has 11 heavy (non-hydrogen) atoms. The minimum atomic E-state index is 0.539. The van der Waals surface area contributed by atoms with E-state index in [2.05, 4.69) is 24.4 Å². The number of hydrogen-bond acceptors (Lipinski definition) is 1. The highest BCUT2D eigenvalue weighted by molar-refractivity contribution is 7.09. The second-order valence-corrected chi connectivity index (χ2v) is 3.82. The molecule has 1 unspecified atom stereocenters. The van der Waals surface area contributed by atoms with Crippen LogP contribution in [0.5, 0.6) is 0 Å². The zero-order chi connectivity index (χ0) is 8.10. The lowest BCUT2D eigenvalue weighted by Crippen LogP contribution is -1.90. The molecule has 1 heteroatoms. The van der Waals surface area contributed by atoms with Crippen molar-refractivity contribution in [2.75, 3.05) is 0 Å². The van der Waals surface area contributed by atoms with Crippen LogP contribution in [0.2, 0.25) is 0 Å². The summed E-state index contributed by atoms with van der Waals surface area (Å²) in [5.74, 6) is 0.539. The fraction of sp³-hybridized carbons (Fsp3) is 0.400. The second kappa shape index (κ2) is 4.35. The Morgan fingerprint density at radius 3 is 3.09 bits per heavy atom. The highest BCUT2D eigenvalue weighted by atomic mass is 32.1. The molecule has 1 aromatic heterocycles. The molecule has 0 saturated heterocycles. The van der Waals surface area contributed by atoms with Crippen molar-refractivity contribution in [1.29, 1.82) is 0 Å². The Morgan fingerprint density at radius 1 is 1.73 bits per heavy atom. The fourth-order valence-electron chi connectivity index (χ4n) is 0.921. The van der Waals surface area contributed by atoms with E-state index in [4.69, 9.17) is 6.58 Å². The minimum Gasteiger partial charge on any atom is -0.149 e. The van der Waals surface area contributed by atoms with Crippen LogP contribution in [-0.2, 0) is 6.42 Å². The van der Waals surface area contributed by atoms with Gasteiger partial charge in [0.1, 0.15) is 0 Å². The Kier molecular flexibility index (Phi) is 3.37. The van der Waals surface area contributed by atoms with Gasteiger partial charge in [-0.25, -0.2) is 0 Å². The largest absolute Gasteiger partial charge is 0.149 e. The summed E-state index contributed by atoms with van der Waals surface area (Å²) in [4.78, 5) is 1.46. The standard InChI is InChI=1S/C10H13S/c1-3-9(2)6-7-10-5-4-8-11-10/h1,3-5,8-9H,6-7H2,2H3. The van der Waals surface area contributed by atoms with Gasteiger partial charge in [-0.3, -0.25) is 0 Å². The Balaban J connectivity index is 2.28. The number of hydrogen-bond donors (Lipinski definition) is 0. The molecule has 1 rings (SSSR count). The second-order valence-electron chi connectivity index (χ2n) is 2.79. The monoisotopic (exact) mass is 165 g/mol. The Hall–Kier alpha value is -0.560. The Bertz CT molecular complexity index is 199. The van der Waals surface area contributed by atoms with E-state index in [1.165, 1.54) is 4.88 Å². The molecule has 0 aliphatic rings. The van der Waals surface area contributed by atoms with Crippen molar-refractivity contribution in [3.63, 3.8) is 0 Å². The third-order valence-electron chi connectivity index (χ3n) is 1.75. The summed E-state index contributed by atoms with van der Waals surface area (Å²) >= 11 is 1.82. The van der Waals surface area contributed by atoms with E-state index < -0.39 is 0 Å². The summed E-state index contributed by atoms with van der Waals surface area (Å²) in [6.45, 7) is 7.54. The third kappa shape index (κ3) is 2.89. The van der Waals surface area contributed by atoms with Crippen molar-refractivity contribution in [2.45, 2.75) is 19.8 Å². The molecule has 1 heterocycles. The molecule has 0 nitrogen and oxygen atoms in total. The van der Waals surface area contributed by atoms with Crippen molar-refractivity contribution in [3.8, 4) is 0 Å². The normalized spacial score (nSPS) is 12.8. The van der Waals surface area contributed by atoms with Crippen molar-refractivity contribution in [2.24, 2.45) is 5.92 Å². The molecule has 0 saturated carbocycles. The lowest BCUT2D eigenvalue weighted by molar-refractivity contribution is 0.652. The summed E-state index contributed by atoms with van der Waals surface area (Å²) in [6.07, 6.45) is 4.09. The van der Waals surface area contributed by atoms with Gasteiger partial charge in [0.25, 0.3) is 0 Å². The van der Waals surface area contributed by atoms with E-state index in [9.17, 15) is 0 Å². The molecule has 0 bridgehead atoms. The SMILES string of the molecule is [CH]=CC(C)CCc1cccs1. The van der Waals surface area contributed by atoms with E-state index in [1.807, 2.05) is 11.3 Å². The van der Waals surface area contributed by atoms with Gasteiger partial charge in [0.05, 0.1) is 0 Å². The van der Waals surface area contributed by atoms with Gasteiger partial charge in [-0.2, -0.15) is 0 Å². The topological polar surface area (TPSA) is 0 Å². The summed E-state index contributed by atoms with van der Waals surface area (Å²) < 4.78 is 0. The number of thiophene rings is 1.